The Morgan fingerprint density at radius 3 is 2.96 bits per heavy atom. The summed E-state index contributed by atoms with van der Waals surface area (Å²) in [5.74, 6) is 0.733. The maximum atomic E-state index is 12.3. The van der Waals surface area contributed by atoms with Gasteiger partial charge in [0.15, 0.2) is 0 Å². The summed E-state index contributed by atoms with van der Waals surface area (Å²) >= 11 is 0. The van der Waals surface area contributed by atoms with Crippen molar-refractivity contribution in [1.82, 2.24) is 15.3 Å². The number of carbonyl (C=O) groups excluding carboxylic acids is 1. The highest BCUT2D eigenvalue weighted by Gasteiger charge is 2.29. The molecule has 0 spiro atoms. The first-order valence-electron chi connectivity index (χ1n) is 9.42. The van der Waals surface area contributed by atoms with Crippen molar-refractivity contribution < 1.29 is 4.79 Å². The number of anilines is 1. The topological polar surface area (TPSA) is 84.1 Å². The van der Waals surface area contributed by atoms with E-state index in [4.69, 9.17) is 15.7 Å². The van der Waals surface area contributed by atoms with Gasteiger partial charge < -0.3 is 16.0 Å². The van der Waals surface area contributed by atoms with Gasteiger partial charge in [0.05, 0.1) is 5.69 Å². The highest BCUT2D eigenvalue weighted by atomic mass is 16.1. The molecule has 6 nitrogen and oxygen atoms in total. The fraction of sp³-hybridized carbons (Fsp3) is 0.450. The number of fused-ring (bicyclic) bond motifs is 1. The van der Waals surface area contributed by atoms with Crippen LogP contribution in [0.25, 0.3) is 11.3 Å². The van der Waals surface area contributed by atoms with Gasteiger partial charge in [0.2, 0.25) is 5.95 Å². The van der Waals surface area contributed by atoms with Gasteiger partial charge in [0.25, 0.3) is 5.91 Å². The third-order valence-electron chi connectivity index (χ3n) is 5.33. The summed E-state index contributed by atoms with van der Waals surface area (Å²) in [6.07, 6.45) is 4.32. The van der Waals surface area contributed by atoms with Crippen LogP contribution in [0.2, 0.25) is 0 Å². The van der Waals surface area contributed by atoms with Gasteiger partial charge in [-0.3, -0.25) is 4.79 Å². The largest absolute Gasteiger partial charge is 0.351 e. The van der Waals surface area contributed by atoms with Crippen LogP contribution >= 0.6 is 0 Å². The number of nitrogens with one attached hydrogen (secondary N) is 1. The Balaban J connectivity index is 1.72. The minimum Gasteiger partial charge on any atom is -0.351 e. The van der Waals surface area contributed by atoms with E-state index in [-0.39, 0.29) is 5.91 Å². The van der Waals surface area contributed by atoms with Crippen molar-refractivity contribution >= 4 is 11.9 Å². The van der Waals surface area contributed by atoms with E-state index in [1.54, 1.807) is 0 Å². The molecule has 1 fully saturated rings. The van der Waals surface area contributed by atoms with Gasteiger partial charge in [-0.15, -0.1) is 0 Å². The maximum absolute atomic E-state index is 12.3. The van der Waals surface area contributed by atoms with Crippen molar-refractivity contribution in [3.8, 4) is 11.3 Å². The number of nitrogens with two attached hydrogens (primary N) is 1. The van der Waals surface area contributed by atoms with Crippen molar-refractivity contribution in [3.05, 3.63) is 41.1 Å². The lowest BCUT2D eigenvalue weighted by molar-refractivity contribution is 0.0955. The second-order valence-electron chi connectivity index (χ2n) is 7.11. The fourth-order valence-corrected chi connectivity index (χ4v) is 3.70. The molecule has 0 radical (unpaired) electrons. The lowest BCUT2D eigenvalue weighted by Gasteiger charge is -2.39. The Bertz CT molecular complexity index is 835. The molecule has 26 heavy (non-hydrogen) atoms. The first-order chi connectivity index (χ1) is 12.7. The number of hydrogen-bond donors (Lipinski definition) is 2. The molecule has 2 heterocycles. The van der Waals surface area contributed by atoms with Crippen molar-refractivity contribution in [2.75, 3.05) is 24.5 Å². The predicted octanol–water partition coefficient (Wildman–Crippen LogP) is 1.92. The van der Waals surface area contributed by atoms with E-state index in [0.29, 0.717) is 24.7 Å². The SMILES string of the molecule is C[C@H]1CCN1c1nc2c(c(-c3cccc(C(=O)NCCN)c3)n1)CCC2. The zero-order valence-corrected chi connectivity index (χ0v) is 15.2. The number of aromatic nitrogens is 2. The van der Waals surface area contributed by atoms with Crippen LogP contribution in [0.3, 0.4) is 0 Å². The average molecular weight is 351 g/mol. The Hall–Kier alpha value is -2.47. The molecule has 0 bridgehead atoms. The number of hydrogen-bond acceptors (Lipinski definition) is 5. The molecular formula is C20H25N5O. The van der Waals surface area contributed by atoms with Crippen LogP contribution in [0, 0.1) is 0 Å². The van der Waals surface area contributed by atoms with Gasteiger partial charge in [0, 0.05) is 48.1 Å². The second kappa shape index (κ2) is 7.03. The molecule has 1 aliphatic carbocycles. The minimum absolute atomic E-state index is 0.0976. The van der Waals surface area contributed by atoms with Gasteiger partial charge in [-0.05, 0) is 44.7 Å². The molecule has 2 aromatic rings. The van der Waals surface area contributed by atoms with E-state index < -0.39 is 0 Å². The monoisotopic (exact) mass is 351 g/mol. The molecule has 4 rings (SSSR count). The zero-order chi connectivity index (χ0) is 18.1. The Labute approximate surface area is 153 Å². The average Bonchev–Trinajstić information content (AvgIpc) is 3.13. The van der Waals surface area contributed by atoms with Crippen LogP contribution in [0.4, 0.5) is 5.95 Å². The summed E-state index contributed by atoms with van der Waals surface area (Å²) in [6, 6.07) is 8.20. The molecule has 3 N–H and O–H groups in total. The molecule has 1 aromatic heterocycles. The van der Waals surface area contributed by atoms with Crippen molar-refractivity contribution in [2.45, 2.75) is 38.6 Å². The van der Waals surface area contributed by atoms with Gasteiger partial charge in [-0.2, -0.15) is 0 Å². The lowest BCUT2D eigenvalue weighted by atomic mass is 10.0. The van der Waals surface area contributed by atoms with Gasteiger partial charge >= 0.3 is 0 Å². The molecule has 2 aliphatic rings. The van der Waals surface area contributed by atoms with Crippen molar-refractivity contribution in [2.24, 2.45) is 5.73 Å². The summed E-state index contributed by atoms with van der Waals surface area (Å²) < 4.78 is 0. The number of rotatable bonds is 5. The van der Waals surface area contributed by atoms with E-state index in [1.165, 1.54) is 17.7 Å². The predicted molar refractivity (Wildman–Crippen MR) is 102 cm³/mol. The first-order valence-corrected chi connectivity index (χ1v) is 9.42. The molecule has 136 valence electrons. The van der Waals surface area contributed by atoms with Gasteiger partial charge in [-0.25, -0.2) is 9.97 Å². The summed E-state index contributed by atoms with van der Waals surface area (Å²) in [5.41, 5.74) is 10.5. The number of benzene rings is 1. The highest BCUT2D eigenvalue weighted by Crippen LogP contribution is 2.34. The summed E-state index contributed by atoms with van der Waals surface area (Å²) in [4.78, 5) is 24.3. The van der Waals surface area contributed by atoms with Crippen LogP contribution in [-0.4, -0.2) is 41.6 Å². The molecule has 1 aromatic carbocycles. The van der Waals surface area contributed by atoms with Crippen LogP contribution in [0.1, 0.15) is 41.4 Å². The third kappa shape index (κ3) is 3.05. The lowest BCUT2D eigenvalue weighted by Crippen LogP contribution is -2.46. The fourth-order valence-electron chi connectivity index (χ4n) is 3.70. The summed E-state index contributed by atoms with van der Waals surface area (Å²) in [6.45, 7) is 4.13. The third-order valence-corrected chi connectivity index (χ3v) is 5.33. The highest BCUT2D eigenvalue weighted by molar-refractivity contribution is 5.95. The first kappa shape index (κ1) is 17.0. The molecule has 0 unspecified atom stereocenters. The molecule has 1 atom stereocenters. The van der Waals surface area contributed by atoms with Crippen LogP contribution in [0.15, 0.2) is 24.3 Å². The number of amides is 1. The normalized spacial score (nSPS) is 18.4. The quantitative estimate of drug-likeness (QED) is 0.860. The number of aryl methyl sites for hydroxylation is 1. The summed E-state index contributed by atoms with van der Waals surface area (Å²) in [5, 5.41) is 2.83. The Morgan fingerprint density at radius 2 is 2.23 bits per heavy atom. The van der Waals surface area contributed by atoms with Crippen molar-refractivity contribution in [3.63, 3.8) is 0 Å². The van der Waals surface area contributed by atoms with E-state index in [0.717, 1.165) is 43.0 Å². The standard InChI is InChI=1S/C20H25N5O/c1-13-8-11-25(13)20-23-17-7-3-6-16(17)18(24-20)14-4-2-5-15(12-14)19(26)22-10-9-21/h2,4-5,12-13H,3,6-11,21H2,1H3,(H,22,26)/t13-/m0/s1. The van der Waals surface area contributed by atoms with E-state index in [9.17, 15) is 4.79 Å². The van der Waals surface area contributed by atoms with Gasteiger partial charge in [-0.1, -0.05) is 12.1 Å². The molecule has 1 aliphatic heterocycles. The second-order valence-corrected chi connectivity index (χ2v) is 7.11. The maximum Gasteiger partial charge on any atom is 0.251 e. The molecule has 1 amide bonds. The number of carbonyl (C=O) groups is 1. The smallest absolute Gasteiger partial charge is 0.251 e. The Morgan fingerprint density at radius 1 is 1.35 bits per heavy atom. The molecule has 1 saturated heterocycles. The van der Waals surface area contributed by atoms with E-state index in [2.05, 4.69) is 17.1 Å². The van der Waals surface area contributed by atoms with Crippen LogP contribution in [-0.2, 0) is 12.8 Å². The Kier molecular flexibility index (Phi) is 4.59. The van der Waals surface area contributed by atoms with Crippen molar-refractivity contribution in [1.29, 1.82) is 0 Å². The van der Waals surface area contributed by atoms with Crippen LogP contribution in [0.5, 0.6) is 0 Å². The molecule has 6 heteroatoms. The minimum atomic E-state index is -0.0976. The van der Waals surface area contributed by atoms with Crippen LogP contribution < -0.4 is 16.0 Å². The molecular weight excluding hydrogens is 326 g/mol. The van der Waals surface area contributed by atoms with E-state index in [1.807, 2.05) is 24.3 Å². The molecule has 0 saturated carbocycles. The van der Waals surface area contributed by atoms with Gasteiger partial charge in [0.1, 0.15) is 0 Å². The number of nitrogens with zero attached hydrogens (tertiary/aromatic N) is 3. The summed E-state index contributed by atoms with van der Waals surface area (Å²) in [7, 11) is 0. The zero-order valence-electron chi connectivity index (χ0n) is 15.2. The van der Waals surface area contributed by atoms with E-state index >= 15 is 0 Å².